The van der Waals surface area contributed by atoms with Crippen LogP contribution in [0.25, 0.3) is 0 Å². The number of nitrogens with zero attached hydrogens (tertiary/aromatic N) is 5. The third kappa shape index (κ3) is 3.23. The van der Waals surface area contributed by atoms with Crippen LogP contribution in [0.2, 0.25) is 0 Å². The summed E-state index contributed by atoms with van der Waals surface area (Å²) in [6.45, 7) is 4.80. The topological polar surface area (TPSA) is 160 Å². The average Bonchev–Trinajstić information content (AvgIpc) is 3.18. The number of hydrogen-bond acceptors (Lipinski definition) is 8. The van der Waals surface area contributed by atoms with Gasteiger partial charge in [-0.1, -0.05) is 13.8 Å². The molecule has 3 heterocycles. The van der Waals surface area contributed by atoms with Crippen molar-refractivity contribution in [3.05, 3.63) is 17.8 Å². The molecule has 1 saturated heterocycles. The molecular weight excluding hydrogens is 360 g/mol. The van der Waals surface area contributed by atoms with Crippen molar-refractivity contribution in [1.82, 2.24) is 30.4 Å². The fourth-order valence-electron chi connectivity index (χ4n) is 3.12. The van der Waals surface area contributed by atoms with Gasteiger partial charge in [-0.2, -0.15) is 0 Å². The highest BCUT2D eigenvalue weighted by Gasteiger charge is 2.60. The van der Waals surface area contributed by atoms with Gasteiger partial charge in [-0.15, -0.1) is 5.10 Å². The number of aromatic nitrogens is 4. The van der Waals surface area contributed by atoms with Crippen molar-refractivity contribution in [2.45, 2.75) is 39.6 Å². The van der Waals surface area contributed by atoms with Gasteiger partial charge < -0.3 is 20.3 Å². The average molecular weight is 380 g/mol. The molecule has 12 nitrogen and oxygen atoms in total. The van der Waals surface area contributed by atoms with Crippen molar-refractivity contribution >= 4 is 17.8 Å². The van der Waals surface area contributed by atoms with E-state index in [1.807, 2.05) is 0 Å². The maximum Gasteiger partial charge on any atom is 0.356 e. The van der Waals surface area contributed by atoms with Crippen molar-refractivity contribution in [3.8, 4) is 0 Å². The summed E-state index contributed by atoms with van der Waals surface area (Å²) in [5, 5.41) is 32.4. The van der Waals surface area contributed by atoms with Crippen molar-refractivity contribution in [1.29, 1.82) is 0 Å². The number of aliphatic carboxylic acids is 1. The number of aliphatic hydroxyl groups is 1. The fourth-order valence-corrected chi connectivity index (χ4v) is 3.12. The van der Waals surface area contributed by atoms with Gasteiger partial charge in [0.15, 0.2) is 11.9 Å². The third-order valence-corrected chi connectivity index (χ3v) is 4.54. The number of aliphatic hydroxyl groups excluding tert-OH is 1. The predicted octanol–water partition coefficient (Wildman–Crippen LogP) is -1.69. The lowest BCUT2D eigenvalue weighted by Gasteiger charge is -2.42. The number of carbonyl (C=O) groups is 3. The van der Waals surface area contributed by atoms with Crippen molar-refractivity contribution in [2.24, 2.45) is 11.3 Å². The maximum absolute atomic E-state index is 12.2. The molecule has 0 radical (unpaired) electrons. The van der Waals surface area contributed by atoms with Crippen molar-refractivity contribution < 1.29 is 29.3 Å². The van der Waals surface area contributed by atoms with Crippen LogP contribution < -0.4 is 5.32 Å². The van der Waals surface area contributed by atoms with Gasteiger partial charge in [-0.25, -0.2) is 9.48 Å². The van der Waals surface area contributed by atoms with Crippen LogP contribution in [-0.4, -0.2) is 72.0 Å². The Kier molecular flexibility index (Phi) is 4.59. The third-order valence-electron chi connectivity index (χ3n) is 4.54. The molecule has 1 fully saturated rings. The van der Waals surface area contributed by atoms with Crippen molar-refractivity contribution in [2.75, 3.05) is 6.54 Å². The van der Waals surface area contributed by atoms with Gasteiger partial charge in [-0.3, -0.25) is 14.5 Å². The zero-order valence-electron chi connectivity index (χ0n) is 15.0. The Bertz CT molecular complexity index is 802. The molecule has 1 aromatic heterocycles. The minimum absolute atomic E-state index is 0.0637. The van der Waals surface area contributed by atoms with Gasteiger partial charge in [0.25, 0.3) is 0 Å². The molecule has 2 amide bonds. The first-order valence-electron chi connectivity index (χ1n) is 8.27. The zero-order chi connectivity index (χ0) is 19.9. The second-order valence-electron chi connectivity index (χ2n) is 7.13. The first kappa shape index (κ1) is 18.8. The Morgan fingerprint density at radius 3 is 2.70 bits per heavy atom. The number of carboxylic acid groups (broad SMARTS) is 1. The van der Waals surface area contributed by atoms with E-state index < -0.39 is 35.5 Å². The van der Waals surface area contributed by atoms with Crippen LogP contribution in [0.5, 0.6) is 0 Å². The normalized spacial score (nSPS) is 22.8. The summed E-state index contributed by atoms with van der Waals surface area (Å²) < 4.78 is 6.98. The Labute approximate surface area is 153 Å². The smallest absolute Gasteiger partial charge is 0.356 e. The number of ether oxygens (including phenoxy) is 1. The molecule has 3 atom stereocenters. The molecule has 0 aliphatic carbocycles. The minimum atomic E-state index is -1.31. The highest BCUT2D eigenvalue weighted by Crippen LogP contribution is 2.46. The molecular formula is C15H20N6O6. The summed E-state index contributed by atoms with van der Waals surface area (Å²) in [6.07, 6.45) is -0.523. The number of rotatable bonds is 7. The quantitative estimate of drug-likeness (QED) is 0.469. The van der Waals surface area contributed by atoms with Gasteiger partial charge in [0, 0.05) is 12.0 Å². The summed E-state index contributed by atoms with van der Waals surface area (Å²) >= 11 is 0. The highest BCUT2D eigenvalue weighted by molar-refractivity contribution is 5.98. The summed E-state index contributed by atoms with van der Waals surface area (Å²) in [5.41, 5.74) is -1.17. The van der Waals surface area contributed by atoms with E-state index in [1.165, 1.54) is 17.9 Å². The lowest BCUT2D eigenvalue weighted by Crippen LogP contribution is -2.62. The number of carbonyl (C=O) groups excluding carboxylic acids is 2. The lowest BCUT2D eigenvalue weighted by molar-refractivity contribution is -0.183. The Hall–Kier alpha value is -3.02. The Morgan fingerprint density at radius 2 is 2.15 bits per heavy atom. The number of carboxylic acids is 1. The molecule has 2 aliphatic rings. The van der Waals surface area contributed by atoms with Crippen molar-refractivity contribution in [3.63, 3.8) is 0 Å². The molecule has 3 unspecified atom stereocenters. The molecule has 146 valence electrons. The fraction of sp³-hybridized carbons (Fsp3) is 0.600. The molecule has 2 aliphatic heterocycles. The summed E-state index contributed by atoms with van der Waals surface area (Å²) in [6, 6.07) is 0. The largest absolute Gasteiger partial charge is 0.476 e. The molecule has 12 heteroatoms. The van der Waals surface area contributed by atoms with E-state index >= 15 is 0 Å². The van der Waals surface area contributed by atoms with Crippen LogP contribution in [0.1, 0.15) is 20.8 Å². The van der Waals surface area contributed by atoms with Crippen LogP contribution in [0.3, 0.4) is 0 Å². The van der Waals surface area contributed by atoms with Crippen LogP contribution in [0, 0.1) is 11.3 Å². The molecule has 27 heavy (non-hydrogen) atoms. The first-order chi connectivity index (χ1) is 12.6. The minimum Gasteiger partial charge on any atom is -0.476 e. The molecule has 0 aromatic carbocycles. The molecule has 3 rings (SSSR count). The first-order valence-corrected chi connectivity index (χ1v) is 8.27. The number of fused-ring (bicyclic) bond motifs is 1. The highest BCUT2D eigenvalue weighted by atomic mass is 16.5. The SMILES string of the molecule is CC(O)C1C(=O)N2C(C(=O)O)=C(C(C)(C)CNC(=O)Cn3cnnn3)OC12. The summed E-state index contributed by atoms with van der Waals surface area (Å²) in [7, 11) is 0. The zero-order valence-corrected chi connectivity index (χ0v) is 15.0. The second-order valence-corrected chi connectivity index (χ2v) is 7.13. The number of hydrogen-bond donors (Lipinski definition) is 3. The van der Waals surface area contributed by atoms with Gasteiger partial charge in [0.2, 0.25) is 11.8 Å². The van der Waals surface area contributed by atoms with Gasteiger partial charge in [0.1, 0.15) is 24.5 Å². The maximum atomic E-state index is 12.2. The van der Waals surface area contributed by atoms with Gasteiger partial charge >= 0.3 is 5.97 Å². The number of nitrogens with one attached hydrogen (secondary N) is 1. The van der Waals surface area contributed by atoms with E-state index in [9.17, 15) is 24.6 Å². The lowest BCUT2D eigenvalue weighted by atomic mass is 9.88. The molecule has 0 spiro atoms. The van der Waals surface area contributed by atoms with E-state index in [0.29, 0.717) is 0 Å². The number of β-lactam (4-membered cyclic amide) rings is 1. The van der Waals surface area contributed by atoms with Crippen LogP contribution >= 0.6 is 0 Å². The predicted molar refractivity (Wildman–Crippen MR) is 86.2 cm³/mol. The van der Waals surface area contributed by atoms with E-state index in [-0.39, 0.29) is 30.5 Å². The van der Waals surface area contributed by atoms with E-state index in [2.05, 4.69) is 20.8 Å². The van der Waals surface area contributed by atoms with E-state index in [0.717, 1.165) is 4.90 Å². The molecule has 1 aromatic rings. The summed E-state index contributed by atoms with van der Waals surface area (Å²) in [5.74, 6) is -2.91. The molecule has 0 saturated carbocycles. The van der Waals surface area contributed by atoms with E-state index in [4.69, 9.17) is 4.74 Å². The van der Waals surface area contributed by atoms with Crippen LogP contribution in [0.15, 0.2) is 17.8 Å². The van der Waals surface area contributed by atoms with Gasteiger partial charge in [-0.05, 0) is 17.4 Å². The molecule has 3 N–H and O–H groups in total. The standard InChI is InChI=1S/C15H20N6O6/c1-7(22)9-12(24)21-10(14(25)26)11(27-13(9)21)15(2,3)5-16-8(23)4-20-6-17-18-19-20/h6-7,9,13,22H,4-5H2,1-3H3,(H,16,23)(H,25,26). The summed E-state index contributed by atoms with van der Waals surface area (Å²) in [4.78, 5) is 37.0. The number of amides is 2. The Morgan fingerprint density at radius 1 is 1.44 bits per heavy atom. The van der Waals surface area contributed by atoms with E-state index in [1.54, 1.807) is 13.8 Å². The Balaban J connectivity index is 1.74. The number of tetrazole rings is 1. The van der Waals surface area contributed by atoms with Crippen LogP contribution in [-0.2, 0) is 25.7 Å². The van der Waals surface area contributed by atoms with Crippen LogP contribution in [0.4, 0.5) is 0 Å². The molecule has 0 bridgehead atoms. The second kappa shape index (κ2) is 6.61. The van der Waals surface area contributed by atoms with Gasteiger partial charge in [0.05, 0.1) is 6.10 Å². The monoisotopic (exact) mass is 380 g/mol.